The van der Waals surface area contributed by atoms with E-state index in [1.54, 1.807) is 18.2 Å². The smallest absolute Gasteiger partial charge is 0.161 e. The number of ether oxygens (including phenoxy) is 2. The van der Waals surface area contributed by atoms with Crippen LogP contribution in [0.2, 0.25) is 0 Å². The lowest BCUT2D eigenvalue weighted by Crippen LogP contribution is -1.93. The lowest BCUT2D eigenvalue weighted by Gasteiger charge is -2.11. The molecular formula is C16H13FN2O3. The summed E-state index contributed by atoms with van der Waals surface area (Å²) in [6.45, 7) is 0. The topological polar surface area (TPSA) is 77.6 Å². The number of nitrogen functional groups attached to an aromatic ring is 1. The fourth-order valence-corrected chi connectivity index (χ4v) is 2.09. The predicted molar refractivity (Wildman–Crippen MR) is 80.8 cm³/mol. The Morgan fingerprint density at radius 3 is 2.68 bits per heavy atom. The van der Waals surface area contributed by atoms with Crippen molar-refractivity contribution in [3.8, 4) is 23.0 Å². The van der Waals surface area contributed by atoms with Gasteiger partial charge in [0, 0.05) is 23.7 Å². The van der Waals surface area contributed by atoms with Crippen molar-refractivity contribution in [1.29, 1.82) is 0 Å². The Hall–Kier alpha value is -3.02. The monoisotopic (exact) mass is 300 g/mol. The molecule has 0 bridgehead atoms. The van der Waals surface area contributed by atoms with E-state index in [1.807, 2.05) is 0 Å². The predicted octanol–water partition coefficient (Wildman–Crippen LogP) is 3.46. The van der Waals surface area contributed by atoms with Gasteiger partial charge >= 0.3 is 0 Å². The fourth-order valence-electron chi connectivity index (χ4n) is 2.09. The Morgan fingerprint density at radius 2 is 1.95 bits per heavy atom. The second-order valence-electron chi connectivity index (χ2n) is 4.64. The number of aromatic hydroxyl groups is 1. The van der Waals surface area contributed by atoms with Gasteiger partial charge in [0.05, 0.1) is 18.3 Å². The minimum absolute atomic E-state index is 0.0156. The molecule has 6 heteroatoms. The number of benzene rings is 2. The summed E-state index contributed by atoms with van der Waals surface area (Å²) in [4.78, 5) is 4.16. The van der Waals surface area contributed by atoms with Gasteiger partial charge in [0.2, 0.25) is 0 Å². The number of halogens is 1. The third kappa shape index (κ3) is 2.46. The number of hydrogen-bond acceptors (Lipinski definition) is 5. The normalized spacial score (nSPS) is 10.6. The van der Waals surface area contributed by atoms with Gasteiger partial charge in [0.25, 0.3) is 0 Å². The molecule has 0 aliphatic heterocycles. The molecule has 3 N–H and O–H groups in total. The molecular weight excluding hydrogens is 287 g/mol. The summed E-state index contributed by atoms with van der Waals surface area (Å²) in [6, 6.07) is 8.94. The number of hydrogen-bond donors (Lipinski definition) is 2. The van der Waals surface area contributed by atoms with Crippen molar-refractivity contribution in [3.05, 3.63) is 48.4 Å². The summed E-state index contributed by atoms with van der Waals surface area (Å²) in [5.41, 5.74) is 6.03. The summed E-state index contributed by atoms with van der Waals surface area (Å²) < 4.78 is 24.3. The van der Waals surface area contributed by atoms with E-state index in [2.05, 4.69) is 4.98 Å². The van der Waals surface area contributed by atoms with E-state index < -0.39 is 5.82 Å². The average molecular weight is 300 g/mol. The second kappa shape index (κ2) is 5.40. The van der Waals surface area contributed by atoms with Crippen molar-refractivity contribution in [3.63, 3.8) is 0 Å². The third-order valence-electron chi connectivity index (χ3n) is 3.20. The van der Waals surface area contributed by atoms with Gasteiger partial charge in [-0.25, -0.2) is 4.39 Å². The maximum absolute atomic E-state index is 13.5. The highest BCUT2D eigenvalue weighted by Crippen LogP contribution is 2.36. The number of anilines is 1. The highest BCUT2D eigenvalue weighted by atomic mass is 19.1. The molecule has 0 saturated carbocycles. The Bertz CT molecular complexity index is 852. The SMILES string of the molecule is COc1cc2c(Oc3ccc(N)c(F)c3)ccnc2cc1O. The molecule has 22 heavy (non-hydrogen) atoms. The van der Waals surface area contributed by atoms with E-state index in [1.165, 1.54) is 31.5 Å². The number of phenolic OH excluding ortho intramolecular Hbond substituents is 1. The Kier molecular flexibility index (Phi) is 3.42. The molecule has 0 aliphatic carbocycles. The number of methoxy groups -OCH3 is 1. The molecule has 0 aliphatic rings. The summed E-state index contributed by atoms with van der Waals surface area (Å²) >= 11 is 0. The van der Waals surface area contributed by atoms with Gasteiger partial charge in [-0.2, -0.15) is 0 Å². The maximum Gasteiger partial charge on any atom is 0.161 e. The van der Waals surface area contributed by atoms with Crippen molar-refractivity contribution >= 4 is 16.6 Å². The fraction of sp³-hybridized carbons (Fsp3) is 0.0625. The molecule has 0 atom stereocenters. The van der Waals surface area contributed by atoms with Crippen LogP contribution in [0.15, 0.2) is 42.6 Å². The quantitative estimate of drug-likeness (QED) is 0.724. The molecule has 112 valence electrons. The largest absolute Gasteiger partial charge is 0.504 e. The van der Waals surface area contributed by atoms with Crippen LogP contribution in [0.4, 0.5) is 10.1 Å². The lowest BCUT2D eigenvalue weighted by atomic mass is 10.2. The van der Waals surface area contributed by atoms with Gasteiger partial charge in [-0.1, -0.05) is 0 Å². The first-order valence-corrected chi connectivity index (χ1v) is 6.47. The number of nitrogens with two attached hydrogens (primary N) is 1. The molecule has 0 unspecified atom stereocenters. The summed E-state index contributed by atoms with van der Waals surface area (Å²) in [7, 11) is 1.45. The van der Waals surface area contributed by atoms with Gasteiger partial charge in [-0.15, -0.1) is 0 Å². The first-order chi connectivity index (χ1) is 10.6. The Morgan fingerprint density at radius 1 is 1.14 bits per heavy atom. The van der Waals surface area contributed by atoms with E-state index in [-0.39, 0.29) is 11.4 Å². The molecule has 2 aromatic carbocycles. The van der Waals surface area contributed by atoms with E-state index in [4.69, 9.17) is 15.2 Å². The van der Waals surface area contributed by atoms with E-state index in [0.717, 1.165) is 0 Å². The van der Waals surface area contributed by atoms with Crippen molar-refractivity contribution in [2.24, 2.45) is 0 Å². The third-order valence-corrected chi connectivity index (χ3v) is 3.20. The van der Waals surface area contributed by atoms with Crippen LogP contribution in [0.25, 0.3) is 10.9 Å². The van der Waals surface area contributed by atoms with Crippen LogP contribution in [0.5, 0.6) is 23.0 Å². The van der Waals surface area contributed by atoms with Crippen LogP contribution in [0.3, 0.4) is 0 Å². The number of aromatic nitrogens is 1. The van der Waals surface area contributed by atoms with Crippen molar-refractivity contribution in [2.75, 3.05) is 12.8 Å². The molecule has 5 nitrogen and oxygen atoms in total. The number of pyridine rings is 1. The van der Waals surface area contributed by atoms with Gasteiger partial charge in [-0.05, 0) is 24.3 Å². The molecule has 0 saturated heterocycles. The molecule has 0 spiro atoms. The van der Waals surface area contributed by atoms with Crippen LogP contribution >= 0.6 is 0 Å². The average Bonchev–Trinajstić information content (AvgIpc) is 2.50. The molecule has 1 aromatic heterocycles. The molecule has 3 aromatic rings. The van der Waals surface area contributed by atoms with E-state index in [9.17, 15) is 9.50 Å². The summed E-state index contributed by atoms with van der Waals surface area (Å²) in [6.07, 6.45) is 1.54. The number of fused-ring (bicyclic) bond motifs is 1. The first kappa shape index (κ1) is 13.9. The Labute approximate surface area is 125 Å². The lowest BCUT2D eigenvalue weighted by molar-refractivity contribution is 0.374. The van der Waals surface area contributed by atoms with Gasteiger partial charge in [-0.3, -0.25) is 4.98 Å². The van der Waals surface area contributed by atoms with Crippen LogP contribution in [0.1, 0.15) is 0 Å². The second-order valence-corrected chi connectivity index (χ2v) is 4.64. The number of rotatable bonds is 3. The van der Waals surface area contributed by atoms with Crippen molar-refractivity contribution in [2.45, 2.75) is 0 Å². The molecule has 1 heterocycles. The van der Waals surface area contributed by atoms with Crippen molar-refractivity contribution < 1.29 is 19.0 Å². The zero-order valence-electron chi connectivity index (χ0n) is 11.7. The van der Waals surface area contributed by atoms with E-state index in [0.29, 0.717) is 28.2 Å². The maximum atomic E-state index is 13.5. The molecule has 3 rings (SSSR count). The molecule has 0 fully saturated rings. The zero-order chi connectivity index (χ0) is 15.7. The first-order valence-electron chi connectivity index (χ1n) is 6.47. The zero-order valence-corrected chi connectivity index (χ0v) is 11.7. The standard InChI is InChI=1S/C16H13FN2O3/c1-21-16-7-10-13(8-14(16)20)19-5-4-15(10)22-9-2-3-12(18)11(17)6-9/h2-8,20H,18H2,1H3. The minimum atomic E-state index is -0.550. The summed E-state index contributed by atoms with van der Waals surface area (Å²) in [5.74, 6) is 0.511. The van der Waals surface area contributed by atoms with E-state index >= 15 is 0 Å². The van der Waals surface area contributed by atoms with Crippen molar-refractivity contribution in [1.82, 2.24) is 4.98 Å². The van der Waals surface area contributed by atoms with Crippen LogP contribution in [0, 0.1) is 5.82 Å². The number of nitrogens with zero attached hydrogens (tertiary/aromatic N) is 1. The van der Waals surface area contributed by atoms with Crippen LogP contribution in [-0.4, -0.2) is 17.2 Å². The highest BCUT2D eigenvalue weighted by molar-refractivity contribution is 5.88. The van der Waals surface area contributed by atoms with Gasteiger partial charge in [0.15, 0.2) is 11.5 Å². The minimum Gasteiger partial charge on any atom is -0.504 e. The van der Waals surface area contributed by atoms with Crippen LogP contribution in [-0.2, 0) is 0 Å². The molecule has 0 amide bonds. The van der Waals surface area contributed by atoms with Gasteiger partial charge in [0.1, 0.15) is 17.3 Å². The molecule has 0 radical (unpaired) electrons. The number of phenols is 1. The summed E-state index contributed by atoms with van der Waals surface area (Å²) in [5, 5.41) is 10.4. The van der Waals surface area contributed by atoms with Gasteiger partial charge < -0.3 is 20.3 Å². The van der Waals surface area contributed by atoms with Crippen LogP contribution < -0.4 is 15.2 Å². The highest BCUT2D eigenvalue weighted by Gasteiger charge is 2.11. The Balaban J connectivity index is 2.08.